The number of anilines is 1. The molecular weight excluding hydrogens is 428 g/mol. The summed E-state index contributed by atoms with van der Waals surface area (Å²) >= 11 is 0. The fourth-order valence-corrected chi connectivity index (χ4v) is 4.17. The normalized spacial score (nSPS) is 14.7. The summed E-state index contributed by atoms with van der Waals surface area (Å²) in [4.78, 5) is 24.2. The minimum absolute atomic E-state index is 0.00843. The number of carbonyl (C=O) groups is 1. The van der Waals surface area contributed by atoms with Gasteiger partial charge in [-0.15, -0.1) is 0 Å². The van der Waals surface area contributed by atoms with E-state index in [1.807, 2.05) is 4.90 Å². The minimum Gasteiger partial charge on any atom is -0.383 e. The maximum atomic E-state index is 13.8. The molecule has 0 spiro atoms. The lowest BCUT2D eigenvalue weighted by Gasteiger charge is -2.34. The van der Waals surface area contributed by atoms with Crippen molar-refractivity contribution in [1.82, 2.24) is 29.5 Å². The summed E-state index contributed by atoms with van der Waals surface area (Å²) in [5.41, 5.74) is 7.27. The quantitative estimate of drug-likeness (QED) is 0.415. The highest BCUT2D eigenvalue weighted by Gasteiger charge is 2.20. The van der Waals surface area contributed by atoms with Crippen LogP contribution in [0.5, 0.6) is 0 Å². The minimum atomic E-state index is -0.683. The molecule has 10 heteroatoms. The molecule has 1 aliphatic heterocycles. The number of benzene rings is 1. The van der Waals surface area contributed by atoms with Crippen LogP contribution in [0.25, 0.3) is 22.3 Å². The Kier molecular flexibility index (Phi) is 6.93. The first-order valence-corrected chi connectivity index (χ1v) is 11.0. The average molecular weight is 456 g/mol. The molecule has 0 saturated carbocycles. The molecule has 0 bridgehead atoms. The Hall–Kier alpha value is -3.40. The number of amides is 1. The maximum absolute atomic E-state index is 13.8. The lowest BCUT2D eigenvalue weighted by atomic mass is 10.1. The van der Waals surface area contributed by atoms with Crippen LogP contribution in [-0.2, 0) is 11.3 Å². The molecule has 2 N–H and O–H groups in total. The van der Waals surface area contributed by atoms with Crippen LogP contribution < -0.4 is 5.73 Å². The van der Waals surface area contributed by atoms with Gasteiger partial charge in [-0.25, -0.2) is 23.4 Å². The summed E-state index contributed by atoms with van der Waals surface area (Å²) in [5.74, 6) is -1.15. The number of unbranched alkanes of at least 4 members (excludes halogenated alkanes) is 2. The number of rotatable bonds is 8. The van der Waals surface area contributed by atoms with Crippen molar-refractivity contribution in [3.05, 3.63) is 48.8 Å². The van der Waals surface area contributed by atoms with Crippen LogP contribution in [0.1, 0.15) is 19.3 Å². The van der Waals surface area contributed by atoms with E-state index < -0.39 is 11.6 Å². The number of carbonyl (C=O) groups excluding carboxylic acids is 1. The third kappa shape index (κ3) is 5.16. The van der Waals surface area contributed by atoms with E-state index in [9.17, 15) is 13.6 Å². The first kappa shape index (κ1) is 22.8. The van der Waals surface area contributed by atoms with E-state index in [-0.39, 0.29) is 11.7 Å². The number of piperazine rings is 1. The lowest BCUT2D eigenvalue weighted by molar-refractivity contribution is -0.127. The summed E-state index contributed by atoms with van der Waals surface area (Å²) in [6, 6.07) is 3.27. The van der Waals surface area contributed by atoms with Gasteiger partial charge in [0.1, 0.15) is 29.5 Å². The van der Waals surface area contributed by atoms with Gasteiger partial charge in [0, 0.05) is 44.4 Å². The number of nitrogens with zero attached hydrogens (tertiary/aromatic N) is 6. The Labute approximate surface area is 190 Å². The van der Waals surface area contributed by atoms with Crippen molar-refractivity contribution in [2.24, 2.45) is 0 Å². The van der Waals surface area contributed by atoms with E-state index in [0.717, 1.165) is 58.1 Å². The summed E-state index contributed by atoms with van der Waals surface area (Å²) in [5, 5.41) is 5.06. The lowest BCUT2D eigenvalue weighted by Crippen LogP contribution is -2.48. The molecule has 8 nitrogen and oxygen atoms in total. The number of aryl methyl sites for hydroxylation is 1. The standard InChI is InChI=1S/C23H27F2N7O/c1-2-19(33)31-10-8-30(9-11-31)6-4-3-5-7-32-23-20(22(26)27-15-28-23)21(29-32)16-12-17(24)14-18(25)13-16/h2,12-15H,1,3-11H2,(H2,26,27,28). The smallest absolute Gasteiger partial charge is 0.246 e. The van der Waals surface area contributed by atoms with Crippen LogP contribution >= 0.6 is 0 Å². The van der Waals surface area contributed by atoms with Crippen molar-refractivity contribution < 1.29 is 13.6 Å². The number of fused-ring (bicyclic) bond motifs is 1. The zero-order valence-corrected chi connectivity index (χ0v) is 18.4. The van der Waals surface area contributed by atoms with Gasteiger partial charge >= 0.3 is 0 Å². The predicted molar refractivity (Wildman–Crippen MR) is 122 cm³/mol. The second-order valence-electron chi connectivity index (χ2n) is 8.12. The largest absolute Gasteiger partial charge is 0.383 e. The zero-order valence-electron chi connectivity index (χ0n) is 18.4. The number of nitrogens with two attached hydrogens (primary N) is 1. The molecule has 1 aliphatic rings. The van der Waals surface area contributed by atoms with Crippen molar-refractivity contribution in [2.75, 3.05) is 38.5 Å². The molecule has 1 amide bonds. The molecule has 3 heterocycles. The highest BCUT2D eigenvalue weighted by Crippen LogP contribution is 2.31. The molecule has 0 atom stereocenters. The van der Waals surface area contributed by atoms with Gasteiger partial charge in [0.2, 0.25) is 5.91 Å². The summed E-state index contributed by atoms with van der Waals surface area (Å²) < 4.78 is 29.3. The molecule has 174 valence electrons. The summed E-state index contributed by atoms with van der Waals surface area (Å²) in [7, 11) is 0. The fourth-order valence-electron chi connectivity index (χ4n) is 4.17. The third-order valence-corrected chi connectivity index (χ3v) is 5.90. The maximum Gasteiger partial charge on any atom is 0.246 e. The molecule has 1 fully saturated rings. The Balaban J connectivity index is 1.36. The van der Waals surface area contributed by atoms with Crippen molar-refractivity contribution in [2.45, 2.75) is 25.8 Å². The molecule has 0 radical (unpaired) electrons. The average Bonchev–Trinajstić information content (AvgIpc) is 3.18. The van der Waals surface area contributed by atoms with E-state index in [1.54, 1.807) is 4.68 Å². The van der Waals surface area contributed by atoms with E-state index in [4.69, 9.17) is 5.73 Å². The van der Waals surface area contributed by atoms with E-state index in [2.05, 4.69) is 26.5 Å². The van der Waals surface area contributed by atoms with E-state index in [0.29, 0.717) is 28.8 Å². The van der Waals surface area contributed by atoms with Gasteiger partial charge in [-0.3, -0.25) is 9.69 Å². The van der Waals surface area contributed by atoms with E-state index in [1.165, 1.54) is 24.5 Å². The number of halogens is 2. The van der Waals surface area contributed by atoms with Gasteiger partial charge < -0.3 is 10.6 Å². The molecule has 2 aromatic heterocycles. The van der Waals surface area contributed by atoms with Crippen LogP contribution in [0.2, 0.25) is 0 Å². The SMILES string of the molecule is C=CC(=O)N1CCN(CCCCCn2nc(-c3cc(F)cc(F)c3)c3c(N)ncnc32)CC1. The highest BCUT2D eigenvalue weighted by atomic mass is 19.1. The van der Waals surface area contributed by atoms with Crippen LogP contribution in [0.15, 0.2) is 37.2 Å². The van der Waals surface area contributed by atoms with Gasteiger partial charge in [0.15, 0.2) is 5.65 Å². The monoisotopic (exact) mass is 455 g/mol. The first-order valence-electron chi connectivity index (χ1n) is 11.0. The van der Waals surface area contributed by atoms with Gasteiger partial charge in [-0.05, 0) is 37.6 Å². The topological polar surface area (TPSA) is 93.2 Å². The van der Waals surface area contributed by atoms with Gasteiger partial charge in [0.25, 0.3) is 0 Å². The first-order chi connectivity index (χ1) is 16.0. The molecule has 3 aromatic rings. The Morgan fingerprint density at radius 3 is 2.42 bits per heavy atom. The van der Waals surface area contributed by atoms with Crippen molar-refractivity contribution in [3.63, 3.8) is 0 Å². The van der Waals surface area contributed by atoms with Crippen molar-refractivity contribution >= 4 is 22.8 Å². The fraction of sp³-hybridized carbons (Fsp3) is 0.391. The van der Waals surface area contributed by atoms with Crippen LogP contribution in [0.3, 0.4) is 0 Å². The van der Waals surface area contributed by atoms with Crippen LogP contribution in [0, 0.1) is 11.6 Å². The Morgan fingerprint density at radius 1 is 1.03 bits per heavy atom. The number of aromatic nitrogens is 4. The number of hydrogen-bond donors (Lipinski definition) is 1. The van der Waals surface area contributed by atoms with Crippen LogP contribution in [-0.4, -0.2) is 68.2 Å². The van der Waals surface area contributed by atoms with E-state index >= 15 is 0 Å². The van der Waals surface area contributed by atoms with Crippen molar-refractivity contribution in [1.29, 1.82) is 0 Å². The molecule has 1 aromatic carbocycles. The molecule has 4 rings (SSSR count). The van der Waals surface area contributed by atoms with Gasteiger partial charge in [-0.1, -0.05) is 13.0 Å². The summed E-state index contributed by atoms with van der Waals surface area (Å²) in [6.45, 7) is 8.31. The van der Waals surface area contributed by atoms with Crippen LogP contribution in [0.4, 0.5) is 14.6 Å². The second kappa shape index (κ2) is 10.0. The zero-order chi connectivity index (χ0) is 23.4. The second-order valence-corrected chi connectivity index (χ2v) is 8.12. The summed E-state index contributed by atoms with van der Waals surface area (Å²) in [6.07, 6.45) is 5.60. The number of hydrogen-bond acceptors (Lipinski definition) is 6. The molecular formula is C23H27F2N7O. The van der Waals surface area contributed by atoms with Gasteiger partial charge in [0.05, 0.1) is 5.39 Å². The molecule has 1 saturated heterocycles. The molecule has 0 aliphatic carbocycles. The predicted octanol–water partition coefficient (Wildman–Crippen LogP) is 2.85. The Bertz CT molecular complexity index is 1130. The third-order valence-electron chi connectivity index (χ3n) is 5.90. The Morgan fingerprint density at radius 2 is 1.73 bits per heavy atom. The highest BCUT2D eigenvalue weighted by molar-refractivity contribution is 5.98. The number of nitrogen functional groups attached to an aromatic ring is 1. The molecule has 0 unspecified atom stereocenters. The molecule has 33 heavy (non-hydrogen) atoms. The van der Waals surface area contributed by atoms with Gasteiger partial charge in [-0.2, -0.15) is 5.10 Å². The van der Waals surface area contributed by atoms with Crippen molar-refractivity contribution in [3.8, 4) is 11.3 Å².